The Morgan fingerprint density at radius 3 is 0.951 bits per heavy atom. The molecule has 0 spiro atoms. The molecule has 0 unspecified atom stereocenters. The Morgan fingerprint density at radius 1 is 0.239 bits per heavy atom. The molecule has 10 heteroatoms. The molecule has 1 saturated heterocycles. The van der Waals surface area contributed by atoms with Gasteiger partial charge in [0.15, 0.2) is 5.58 Å². The monoisotopic (exact) mass is 1900 g/mol. The summed E-state index contributed by atoms with van der Waals surface area (Å²) in [5.74, 6) is 0.840. The summed E-state index contributed by atoms with van der Waals surface area (Å²) in [6.07, 6.45) is 8.99. The minimum atomic E-state index is -0.480. The number of anilines is 6. The van der Waals surface area contributed by atoms with Crippen molar-refractivity contribution in [1.82, 2.24) is 0 Å². The number of furan rings is 4. The fourth-order valence-corrected chi connectivity index (χ4v) is 21.9. The summed E-state index contributed by atoms with van der Waals surface area (Å²) >= 11 is 3.60. The second kappa shape index (κ2) is 34.6. The van der Waals surface area contributed by atoms with Crippen LogP contribution in [0.15, 0.2) is 453 Å². The first-order valence-electron chi connectivity index (χ1n) is 48.7. The number of fused-ring (bicyclic) bond motifs is 18. The third kappa shape index (κ3) is 15.5. The normalized spacial score (nSPS) is 14.1. The van der Waals surface area contributed by atoms with Gasteiger partial charge in [-0.2, -0.15) is 0 Å². The van der Waals surface area contributed by atoms with Crippen molar-refractivity contribution in [3.8, 4) is 100 Å². The Bertz CT molecular complexity index is 8840. The Morgan fingerprint density at radius 2 is 0.542 bits per heavy atom. The van der Waals surface area contributed by atoms with Gasteiger partial charge in [-0.25, -0.2) is 0 Å². The molecule has 4 aliphatic rings. The summed E-state index contributed by atoms with van der Waals surface area (Å²) in [5.41, 5.74) is 40.9. The van der Waals surface area contributed by atoms with Crippen LogP contribution >= 0.6 is 15.9 Å². The van der Waals surface area contributed by atoms with E-state index in [0.717, 1.165) is 182 Å². The average molecular weight is 1900 g/mol. The van der Waals surface area contributed by atoms with Gasteiger partial charge in [0.2, 0.25) is 5.76 Å². The van der Waals surface area contributed by atoms with E-state index in [1.165, 1.54) is 72.4 Å². The lowest BCUT2D eigenvalue weighted by atomic mass is 9.76. The highest BCUT2D eigenvalue weighted by Crippen LogP contribution is 2.55. The Hall–Kier alpha value is -16.4. The molecule has 4 aromatic heterocycles. The molecule has 1 fully saturated rings. The minimum absolute atomic E-state index is 0.0372. The van der Waals surface area contributed by atoms with Gasteiger partial charge in [0.25, 0.3) is 0 Å². The van der Waals surface area contributed by atoms with Crippen molar-refractivity contribution in [3.05, 3.63) is 475 Å². The molecule has 0 atom stereocenters. The quantitative estimate of drug-likeness (QED) is 0.0787. The van der Waals surface area contributed by atoms with Gasteiger partial charge < -0.3 is 36.8 Å². The molecule has 680 valence electrons. The first-order valence-corrected chi connectivity index (χ1v) is 49.5. The smallest absolute Gasteiger partial charge is 0.456 e. The molecule has 5 heterocycles. The molecule has 8 nitrogen and oxygen atoms in total. The number of rotatable bonds is 14. The van der Waals surface area contributed by atoms with E-state index in [-0.39, 0.29) is 10.8 Å². The molecular formula is C132H97BBrN2O6+. The van der Waals surface area contributed by atoms with Crippen LogP contribution in [-0.4, -0.2) is 18.3 Å². The van der Waals surface area contributed by atoms with Crippen molar-refractivity contribution >= 4 is 152 Å². The zero-order valence-electron chi connectivity index (χ0n) is 79.9. The van der Waals surface area contributed by atoms with E-state index < -0.39 is 18.3 Å². The Balaban J connectivity index is 0.000000120. The number of benzene rings is 19. The van der Waals surface area contributed by atoms with Gasteiger partial charge in [-0.05, 0) is 331 Å². The number of allylic oxidation sites excluding steroid dienone is 2. The predicted octanol–water partition coefficient (Wildman–Crippen LogP) is 36.6. The molecule has 142 heavy (non-hydrogen) atoms. The number of hydrogen-bond acceptors (Lipinski definition) is 8. The topological polar surface area (TPSA) is 77.5 Å². The van der Waals surface area contributed by atoms with Gasteiger partial charge in [0.1, 0.15) is 51.2 Å². The van der Waals surface area contributed by atoms with E-state index in [4.69, 9.17) is 27.0 Å². The maximum absolute atomic E-state index is 6.51. The molecule has 0 N–H and O–H groups in total. The van der Waals surface area contributed by atoms with E-state index in [1.54, 1.807) is 0 Å². The molecule has 0 amide bonds. The van der Waals surface area contributed by atoms with E-state index in [9.17, 15) is 0 Å². The maximum atomic E-state index is 6.51. The zero-order chi connectivity index (χ0) is 95.9. The molecule has 0 saturated carbocycles. The van der Waals surface area contributed by atoms with Crippen LogP contribution in [0.5, 0.6) is 0 Å². The van der Waals surface area contributed by atoms with Crippen molar-refractivity contribution in [2.45, 2.75) is 77.4 Å². The minimum Gasteiger partial charge on any atom is -0.456 e. The lowest BCUT2D eigenvalue weighted by Gasteiger charge is -2.32. The number of para-hydroxylation sites is 3. The molecule has 0 bridgehead atoms. The number of hydrogen-bond donors (Lipinski definition) is 0. The lowest BCUT2D eigenvalue weighted by Crippen LogP contribution is -2.41. The fraction of sp³-hybridized carbons (Fsp3) is 0.0909. The average Bonchev–Trinajstić information content (AvgIpc) is 1.58. The van der Waals surface area contributed by atoms with Gasteiger partial charge in [0, 0.05) is 87.8 Å². The Kier molecular flexibility index (Phi) is 21.2. The molecule has 3 aliphatic carbocycles. The van der Waals surface area contributed by atoms with Crippen LogP contribution < -0.4 is 15.3 Å². The van der Waals surface area contributed by atoms with Crippen molar-refractivity contribution in [3.63, 3.8) is 0 Å². The molecule has 1 aliphatic heterocycles. The maximum Gasteiger partial charge on any atom is 0.494 e. The Labute approximate surface area is 834 Å². The van der Waals surface area contributed by atoms with Crippen molar-refractivity contribution in [1.29, 1.82) is 0 Å². The number of nitrogens with zero attached hydrogens (tertiary/aromatic N) is 2. The van der Waals surface area contributed by atoms with E-state index >= 15 is 0 Å². The third-order valence-electron chi connectivity index (χ3n) is 29.9. The van der Waals surface area contributed by atoms with E-state index in [2.05, 4.69) is 482 Å². The second-order valence-corrected chi connectivity index (χ2v) is 40.6. The molecule has 27 rings (SSSR count). The van der Waals surface area contributed by atoms with Gasteiger partial charge in [0.05, 0.1) is 22.7 Å². The fourth-order valence-electron chi connectivity index (χ4n) is 21.6. The van der Waals surface area contributed by atoms with Crippen LogP contribution in [0.4, 0.5) is 34.1 Å². The van der Waals surface area contributed by atoms with E-state index in [1.807, 2.05) is 48.6 Å². The highest BCUT2D eigenvalue weighted by atomic mass is 79.9. The van der Waals surface area contributed by atoms with Crippen molar-refractivity contribution in [2.24, 2.45) is 0 Å². The van der Waals surface area contributed by atoms with Gasteiger partial charge in [-0.1, -0.05) is 292 Å². The molecule has 19 aromatic carbocycles. The van der Waals surface area contributed by atoms with Gasteiger partial charge in [-0.3, -0.25) is 0 Å². The van der Waals surface area contributed by atoms with E-state index in [0.29, 0.717) is 0 Å². The first kappa shape index (κ1) is 87.1. The van der Waals surface area contributed by atoms with Crippen molar-refractivity contribution < 1.29 is 27.0 Å². The van der Waals surface area contributed by atoms with Crippen LogP contribution in [0.2, 0.25) is 0 Å². The molecular weight excluding hydrogens is 1800 g/mol. The summed E-state index contributed by atoms with van der Waals surface area (Å²) in [6, 6.07) is 152. The SMILES string of the molecule is CC1(C)OB(c2cc(-c3ccc4oc5c(c4c3)C=C[C+]=C5)cc(-c3ccc4oc5ccccc5c4c3)c2)OC1(C)C.CC1(C)c2ccccc2-c2ccc(N(c3ccc(-c4ccccc4)cc3)c3ccc(-c4cc(-c5ccc6oc7ccccc7c6c5)cc(-c5ccc6oc7ccccc7c6c5)c4)cc3)cc21.CC1(C)c2ccccc2-c2ccc(N(c3ccc(Br)cc3)c3ccc(-c4ccccc4)cc3)cc21. The summed E-state index contributed by atoms with van der Waals surface area (Å²) < 4.78 is 38.8. The van der Waals surface area contributed by atoms with Crippen molar-refractivity contribution in [2.75, 3.05) is 9.80 Å². The summed E-state index contributed by atoms with van der Waals surface area (Å²) in [5, 5.41) is 7.76. The standard InChI is InChI=1S/C63H43NO2.C36H28BO4.C33H26BrN/c1-63(2)57-17-9-6-14-51(57)52-31-30-50(39-58(52)63)64(48-26-20-41(21-27-48)40-12-4-3-5-13-40)49-28-22-42(23-29-49)45-34-46(43-24-32-61-55(37-43)53-15-7-10-18-59(53)65-61)36-47(35-45)44-25-33-62-56(38-44)54-16-8-11-19-60(54)66-62;1-35(2)36(3,4)41-37(40-35)26-18-24(22-13-15-33-29(20-22)27-9-5-7-11-31(27)38-33)17-25(19-26)23-14-16-34-30(21-23)28-10-6-8-12-32(28)39-34;1-33(2)31-11-7-6-10-29(31)30-21-20-28(22-32(30)33)35(27-18-14-25(34)15-19-27)26-16-12-24(13-17-26)23-8-4-3-5-9-23/h3-39H,1-2H3;5-7,9-21H,1-4H3;3-22H,1-2H3/q;+1;. The summed E-state index contributed by atoms with van der Waals surface area (Å²) in [4.78, 5) is 4.75. The second-order valence-electron chi connectivity index (χ2n) is 39.7. The largest absolute Gasteiger partial charge is 0.494 e. The number of halogens is 1. The molecule has 0 radical (unpaired) electrons. The summed E-state index contributed by atoms with van der Waals surface area (Å²) in [6.45, 7) is 17.7. The third-order valence-corrected chi connectivity index (χ3v) is 30.4. The van der Waals surface area contributed by atoms with Gasteiger partial charge >= 0.3 is 7.12 Å². The first-order chi connectivity index (χ1) is 69.2. The van der Waals surface area contributed by atoms with Crippen LogP contribution in [0, 0.1) is 6.08 Å². The van der Waals surface area contributed by atoms with Crippen LogP contribution in [-0.2, 0) is 20.1 Å². The zero-order valence-corrected chi connectivity index (χ0v) is 81.5. The van der Waals surface area contributed by atoms with Gasteiger partial charge in [-0.15, -0.1) is 0 Å². The van der Waals surface area contributed by atoms with Crippen LogP contribution in [0.3, 0.4) is 0 Å². The highest BCUT2D eigenvalue weighted by molar-refractivity contribution is 9.10. The molecule has 23 aromatic rings. The predicted molar refractivity (Wildman–Crippen MR) is 594 cm³/mol. The van der Waals surface area contributed by atoms with Crippen LogP contribution in [0.25, 0.3) is 189 Å². The van der Waals surface area contributed by atoms with Crippen LogP contribution in [0.1, 0.15) is 89.0 Å². The lowest BCUT2D eigenvalue weighted by molar-refractivity contribution is 0.00578. The highest BCUT2D eigenvalue weighted by Gasteiger charge is 2.52. The summed E-state index contributed by atoms with van der Waals surface area (Å²) in [7, 11) is -0.480.